The predicted octanol–water partition coefficient (Wildman–Crippen LogP) is 4.63. The Labute approximate surface area is 150 Å². The van der Waals surface area contributed by atoms with Gasteiger partial charge in [0.15, 0.2) is 0 Å². The van der Waals surface area contributed by atoms with Crippen molar-refractivity contribution in [2.75, 3.05) is 0 Å². The van der Waals surface area contributed by atoms with Gasteiger partial charge in [0.1, 0.15) is 5.82 Å². The summed E-state index contributed by atoms with van der Waals surface area (Å²) in [4.78, 5) is 11.9. The summed E-state index contributed by atoms with van der Waals surface area (Å²) in [7, 11) is 0. The average Bonchev–Trinajstić information content (AvgIpc) is 2.66. The summed E-state index contributed by atoms with van der Waals surface area (Å²) in [5.41, 5.74) is 4.00. The number of benzene rings is 3. The van der Waals surface area contributed by atoms with E-state index in [0.29, 0.717) is 17.4 Å². The number of fused-ring (bicyclic) bond motifs is 1. The van der Waals surface area contributed by atoms with Crippen LogP contribution in [-0.4, -0.2) is 10.2 Å². The highest BCUT2D eigenvalue weighted by molar-refractivity contribution is 5.83. The molecule has 0 aliphatic carbocycles. The molecule has 0 saturated heterocycles. The van der Waals surface area contributed by atoms with Crippen LogP contribution in [0.15, 0.2) is 71.5 Å². The molecule has 0 unspecified atom stereocenters. The third-order valence-electron chi connectivity index (χ3n) is 4.51. The molecule has 0 saturated carbocycles. The van der Waals surface area contributed by atoms with Crippen LogP contribution in [0.5, 0.6) is 0 Å². The van der Waals surface area contributed by atoms with E-state index in [-0.39, 0.29) is 11.4 Å². The van der Waals surface area contributed by atoms with Crippen LogP contribution < -0.4 is 5.56 Å². The maximum absolute atomic E-state index is 14.4. The summed E-state index contributed by atoms with van der Waals surface area (Å²) >= 11 is 0. The van der Waals surface area contributed by atoms with Crippen LogP contribution in [0.2, 0.25) is 0 Å². The lowest BCUT2D eigenvalue weighted by Crippen LogP contribution is -2.11. The normalized spacial score (nSPS) is 11.0. The van der Waals surface area contributed by atoms with Crippen molar-refractivity contribution in [3.8, 4) is 11.1 Å². The van der Waals surface area contributed by atoms with Crippen LogP contribution in [0.3, 0.4) is 0 Å². The fourth-order valence-corrected chi connectivity index (χ4v) is 3.22. The number of aryl methyl sites for hydroxylation is 1. The number of hydrogen-bond acceptors (Lipinski definition) is 2. The van der Waals surface area contributed by atoms with Crippen molar-refractivity contribution in [2.24, 2.45) is 0 Å². The molecule has 1 heterocycles. The van der Waals surface area contributed by atoms with Crippen LogP contribution in [0.25, 0.3) is 21.9 Å². The van der Waals surface area contributed by atoms with Gasteiger partial charge in [-0.2, -0.15) is 5.10 Å². The van der Waals surface area contributed by atoms with Gasteiger partial charge in [-0.25, -0.2) is 9.49 Å². The number of halogens is 1. The van der Waals surface area contributed by atoms with Gasteiger partial charge < -0.3 is 0 Å². The Morgan fingerprint density at radius 2 is 1.77 bits per heavy atom. The Morgan fingerprint density at radius 1 is 0.962 bits per heavy atom. The number of aromatic amines is 1. The minimum Gasteiger partial charge on any atom is -0.267 e. The third-order valence-corrected chi connectivity index (χ3v) is 4.51. The van der Waals surface area contributed by atoms with E-state index in [4.69, 9.17) is 0 Å². The first kappa shape index (κ1) is 16.2. The fourth-order valence-electron chi connectivity index (χ4n) is 3.22. The van der Waals surface area contributed by atoms with Crippen molar-refractivity contribution in [1.82, 2.24) is 10.2 Å². The van der Waals surface area contributed by atoms with Crippen LogP contribution >= 0.6 is 0 Å². The predicted molar refractivity (Wildman–Crippen MR) is 102 cm³/mol. The number of aromatic nitrogens is 2. The number of nitrogens with one attached hydrogen (secondary N) is 1. The van der Waals surface area contributed by atoms with Crippen LogP contribution in [0.1, 0.15) is 16.8 Å². The van der Waals surface area contributed by atoms with Crippen LogP contribution in [-0.2, 0) is 6.42 Å². The molecular weight excluding hydrogens is 327 g/mol. The van der Waals surface area contributed by atoms with E-state index in [9.17, 15) is 9.18 Å². The van der Waals surface area contributed by atoms with E-state index in [1.54, 1.807) is 12.1 Å². The third kappa shape index (κ3) is 3.02. The second-order valence-corrected chi connectivity index (χ2v) is 6.41. The monoisotopic (exact) mass is 344 g/mol. The smallest absolute Gasteiger partial charge is 0.267 e. The SMILES string of the molecule is Cc1cccc(-c2cc(Cc3n[nH]c(=O)c4ccccc34)ccc2F)c1. The average molecular weight is 344 g/mol. The number of nitrogens with zero attached hydrogens (tertiary/aromatic N) is 1. The highest BCUT2D eigenvalue weighted by atomic mass is 19.1. The van der Waals surface area contributed by atoms with Gasteiger partial charge >= 0.3 is 0 Å². The van der Waals surface area contributed by atoms with Gasteiger partial charge in [0.25, 0.3) is 5.56 Å². The van der Waals surface area contributed by atoms with Gasteiger partial charge in [-0.3, -0.25) is 4.79 Å². The quantitative estimate of drug-likeness (QED) is 0.589. The Bertz CT molecular complexity index is 1160. The zero-order chi connectivity index (χ0) is 18.1. The van der Waals surface area contributed by atoms with Crippen LogP contribution in [0.4, 0.5) is 4.39 Å². The van der Waals surface area contributed by atoms with Crippen molar-refractivity contribution < 1.29 is 4.39 Å². The minimum absolute atomic E-state index is 0.205. The summed E-state index contributed by atoms with van der Waals surface area (Å²) in [6.45, 7) is 1.99. The molecule has 4 heteroatoms. The second-order valence-electron chi connectivity index (χ2n) is 6.41. The lowest BCUT2D eigenvalue weighted by atomic mass is 9.98. The maximum atomic E-state index is 14.4. The van der Waals surface area contributed by atoms with Gasteiger partial charge in [-0.15, -0.1) is 0 Å². The molecule has 3 nitrogen and oxygen atoms in total. The molecule has 1 N–H and O–H groups in total. The van der Waals surface area contributed by atoms with Gasteiger partial charge in [-0.05, 0) is 36.2 Å². The van der Waals surface area contributed by atoms with Crippen molar-refractivity contribution in [3.63, 3.8) is 0 Å². The lowest BCUT2D eigenvalue weighted by molar-refractivity contribution is 0.630. The Hall–Kier alpha value is -3.27. The van der Waals surface area contributed by atoms with Crippen molar-refractivity contribution in [3.05, 3.63) is 99.7 Å². The molecule has 1 aromatic heterocycles. The minimum atomic E-state index is -0.251. The first-order valence-corrected chi connectivity index (χ1v) is 8.43. The lowest BCUT2D eigenvalue weighted by Gasteiger charge is -2.09. The van der Waals surface area contributed by atoms with Crippen molar-refractivity contribution >= 4 is 10.8 Å². The van der Waals surface area contributed by atoms with E-state index in [2.05, 4.69) is 10.2 Å². The van der Waals surface area contributed by atoms with E-state index in [1.165, 1.54) is 6.07 Å². The Kier molecular flexibility index (Phi) is 4.09. The van der Waals surface area contributed by atoms with Gasteiger partial charge in [0.2, 0.25) is 0 Å². The molecule has 26 heavy (non-hydrogen) atoms. The summed E-state index contributed by atoms with van der Waals surface area (Å²) in [5, 5.41) is 8.19. The molecule has 0 bridgehead atoms. The molecule has 0 fully saturated rings. The second kappa shape index (κ2) is 6.56. The summed E-state index contributed by atoms with van der Waals surface area (Å²) in [6.07, 6.45) is 0.510. The van der Waals surface area contributed by atoms with E-state index >= 15 is 0 Å². The molecule has 128 valence electrons. The summed E-state index contributed by atoms with van der Waals surface area (Å²) in [5.74, 6) is -0.251. The first-order valence-electron chi connectivity index (χ1n) is 8.43. The zero-order valence-electron chi connectivity index (χ0n) is 14.3. The molecular formula is C22H17FN2O. The molecule has 0 aliphatic heterocycles. The zero-order valence-corrected chi connectivity index (χ0v) is 14.3. The van der Waals surface area contributed by atoms with Crippen molar-refractivity contribution in [1.29, 1.82) is 0 Å². The largest absolute Gasteiger partial charge is 0.272 e. The van der Waals surface area contributed by atoms with Gasteiger partial charge in [0.05, 0.1) is 11.1 Å². The number of rotatable bonds is 3. The molecule has 0 amide bonds. The van der Waals surface area contributed by atoms with E-state index in [1.807, 2.05) is 55.5 Å². The number of hydrogen-bond donors (Lipinski definition) is 1. The molecule has 3 aromatic carbocycles. The van der Waals surface area contributed by atoms with Crippen molar-refractivity contribution in [2.45, 2.75) is 13.3 Å². The van der Waals surface area contributed by atoms with Gasteiger partial charge in [-0.1, -0.05) is 54.1 Å². The topological polar surface area (TPSA) is 45.8 Å². The fraction of sp³-hybridized carbons (Fsp3) is 0.0909. The number of H-pyrrole nitrogens is 1. The summed E-state index contributed by atoms with van der Waals surface area (Å²) < 4.78 is 14.4. The van der Waals surface area contributed by atoms with Crippen LogP contribution in [0, 0.1) is 12.7 Å². The molecule has 4 rings (SSSR count). The highest BCUT2D eigenvalue weighted by Crippen LogP contribution is 2.26. The molecule has 0 atom stereocenters. The first-order chi connectivity index (χ1) is 12.6. The highest BCUT2D eigenvalue weighted by Gasteiger charge is 2.10. The molecule has 0 aliphatic rings. The molecule has 0 spiro atoms. The molecule has 0 radical (unpaired) electrons. The maximum Gasteiger partial charge on any atom is 0.272 e. The summed E-state index contributed by atoms with van der Waals surface area (Å²) in [6, 6.07) is 20.3. The Balaban J connectivity index is 1.78. The van der Waals surface area contributed by atoms with E-state index < -0.39 is 0 Å². The standard InChI is InChI=1S/C22H17FN2O/c1-14-5-4-6-16(11-14)19-12-15(9-10-20(19)23)13-21-17-7-2-3-8-18(17)22(26)25-24-21/h2-12H,13H2,1H3,(H,25,26). The van der Waals surface area contributed by atoms with Gasteiger partial charge in [0, 0.05) is 17.4 Å². The Morgan fingerprint density at radius 3 is 2.58 bits per heavy atom. The molecule has 4 aromatic rings. The van der Waals surface area contributed by atoms with E-state index in [0.717, 1.165) is 27.8 Å².